The summed E-state index contributed by atoms with van der Waals surface area (Å²) in [5.41, 5.74) is 14.0. The van der Waals surface area contributed by atoms with E-state index in [-0.39, 0.29) is 5.71 Å². The van der Waals surface area contributed by atoms with Crippen LogP contribution in [0.25, 0.3) is 0 Å². The molecular weight excluding hydrogens is 636 g/mol. The van der Waals surface area contributed by atoms with E-state index in [1.807, 2.05) is 12.1 Å². The van der Waals surface area contributed by atoms with E-state index in [0.717, 1.165) is 11.3 Å². The van der Waals surface area contributed by atoms with Crippen LogP contribution in [0.15, 0.2) is 70.7 Å². The molecule has 0 aliphatic heterocycles. The zero-order valence-corrected chi connectivity index (χ0v) is 27.7. The van der Waals surface area contributed by atoms with Crippen molar-refractivity contribution in [2.75, 3.05) is 84.2 Å². The van der Waals surface area contributed by atoms with Crippen molar-refractivity contribution in [2.45, 2.75) is 16.2 Å². The molecule has 0 fully saturated rings. The van der Waals surface area contributed by atoms with Crippen molar-refractivity contribution in [3.8, 4) is 11.8 Å². The number of hydrogen-bond donors (Lipinski definition) is 5. The number of rotatable bonds is 21. The van der Waals surface area contributed by atoms with E-state index in [1.54, 1.807) is 43.5 Å². The van der Waals surface area contributed by atoms with E-state index in [0.29, 0.717) is 99.0 Å². The predicted molar refractivity (Wildman–Crippen MR) is 185 cm³/mol. The van der Waals surface area contributed by atoms with Crippen LogP contribution in [0, 0.1) is 17.3 Å². The van der Waals surface area contributed by atoms with Gasteiger partial charge in [0.05, 0.1) is 63.7 Å². The quantitative estimate of drug-likeness (QED) is 0.0482. The number of carbonyl (C=O) groups excluding carboxylic acids is 2. The van der Waals surface area contributed by atoms with E-state index >= 15 is 0 Å². The van der Waals surface area contributed by atoms with Gasteiger partial charge >= 0.3 is 6.03 Å². The van der Waals surface area contributed by atoms with E-state index < -0.39 is 11.9 Å². The lowest BCUT2D eigenvalue weighted by atomic mass is 10.1. The molecule has 48 heavy (non-hydrogen) atoms. The average Bonchev–Trinajstić information content (AvgIpc) is 3.07. The van der Waals surface area contributed by atoms with Crippen LogP contribution in [-0.4, -0.2) is 95.8 Å². The highest BCUT2D eigenvalue weighted by Crippen LogP contribution is 2.32. The highest BCUT2D eigenvalue weighted by atomic mass is 32.2. The lowest BCUT2D eigenvalue weighted by molar-refractivity contribution is 0.000724. The smallest absolute Gasteiger partial charge is 0.319 e. The lowest BCUT2D eigenvalue weighted by Gasteiger charge is -2.09. The Kier molecular flexibility index (Phi) is 17.5. The lowest BCUT2D eigenvalue weighted by Crippen LogP contribution is -2.31. The van der Waals surface area contributed by atoms with Gasteiger partial charge in [0.15, 0.2) is 0 Å². The number of carbonyl (C=O) groups is 2. The Morgan fingerprint density at radius 2 is 1.56 bits per heavy atom. The van der Waals surface area contributed by atoms with Gasteiger partial charge in [0.1, 0.15) is 5.71 Å². The molecule has 3 rings (SSSR count). The van der Waals surface area contributed by atoms with E-state index in [2.05, 4.69) is 27.5 Å². The number of primary amides is 1. The van der Waals surface area contributed by atoms with Gasteiger partial charge in [-0.25, -0.2) is 4.79 Å². The van der Waals surface area contributed by atoms with Gasteiger partial charge in [0.2, 0.25) is 5.91 Å². The van der Waals surface area contributed by atoms with Crippen LogP contribution in [0.2, 0.25) is 0 Å². The first kappa shape index (κ1) is 38.0. The molecule has 0 unspecified atom stereocenters. The first-order valence-electron chi connectivity index (χ1n) is 15.2. The van der Waals surface area contributed by atoms with Crippen LogP contribution in [0.4, 0.5) is 16.2 Å². The van der Waals surface area contributed by atoms with Crippen LogP contribution in [0.3, 0.4) is 0 Å². The van der Waals surface area contributed by atoms with Crippen LogP contribution < -0.4 is 22.1 Å². The Balaban J connectivity index is 1.32. The normalized spacial score (nSPS) is 10.6. The number of benzene rings is 2. The van der Waals surface area contributed by atoms with E-state index in [1.165, 1.54) is 24.2 Å². The third-order valence-corrected chi connectivity index (χ3v) is 7.35. The zero-order valence-electron chi connectivity index (χ0n) is 26.9. The number of nitrogen functional groups attached to an aromatic ring is 1. The van der Waals surface area contributed by atoms with Crippen molar-refractivity contribution in [2.24, 2.45) is 5.73 Å². The summed E-state index contributed by atoms with van der Waals surface area (Å²) in [6, 6.07) is 13.5. The molecular formula is C34H42N6O7S. The molecule has 14 heteroatoms. The number of nitrogens with two attached hydrogens (primary N) is 2. The van der Waals surface area contributed by atoms with Gasteiger partial charge in [-0.2, -0.15) is 0 Å². The molecule has 0 aliphatic carbocycles. The summed E-state index contributed by atoms with van der Waals surface area (Å²) in [4.78, 5) is 29.6. The number of pyridine rings is 1. The Bertz CT molecular complexity index is 1550. The molecule has 1 heterocycles. The third kappa shape index (κ3) is 14.5. The minimum Gasteiger partial charge on any atom is -0.398 e. The number of hydrogen-bond acceptors (Lipinski definition) is 11. The summed E-state index contributed by atoms with van der Waals surface area (Å²) in [6.45, 7) is 4.93. The second kappa shape index (κ2) is 22.1. The van der Waals surface area contributed by atoms with Gasteiger partial charge in [0, 0.05) is 59.7 Å². The molecule has 0 spiro atoms. The highest BCUT2D eigenvalue weighted by molar-refractivity contribution is 7.99. The van der Waals surface area contributed by atoms with Crippen molar-refractivity contribution in [3.05, 3.63) is 77.6 Å². The molecule has 0 bridgehead atoms. The molecule has 1 aromatic heterocycles. The number of urea groups is 1. The Labute approximate surface area is 284 Å². The van der Waals surface area contributed by atoms with Crippen molar-refractivity contribution in [1.82, 2.24) is 10.3 Å². The number of anilines is 2. The molecule has 0 aliphatic rings. The molecule has 2 aromatic carbocycles. The third-order valence-electron chi connectivity index (χ3n) is 6.29. The van der Waals surface area contributed by atoms with Gasteiger partial charge in [-0.05, 0) is 48.7 Å². The monoisotopic (exact) mass is 678 g/mol. The fraction of sp³-hybridized carbons (Fsp3) is 0.353. The summed E-state index contributed by atoms with van der Waals surface area (Å²) < 4.78 is 26.6. The maximum Gasteiger partial charge on any atom is 0.319 e. The maximum absolute atomic E-state index is 12.3. The SMILES string of the molecule is COCCOCCOCCOCCCOCCNC(=O)Nc1cncc(C#CC(=N)c2ccc(Sc3ccccc3C(N)=O)cc2N)c1. The fourth-order valence-corrected chi connectivity index (χ4v) is 4.96. The molecule has 0 radical (unpaired) electrons. The molecule has 256 valence electrons. The van der Waals surface area contributed by atoms with E-state index in [9.17, 15) is 9.59 Å². The molecule has 13 nitrogen and oxygen atoms in total. The summed E-state index contributed by atoms with van der Waals surface area (Å²) in [7, 11) is 1.63. The van der Waals surface area contributed by atoms with E-state index in [4.69, 9.17) is 40.6 Å². The summed E-state index contributed by atoms with van der Waals surface area (Å²) in [5, 5.41) is 13.9. The number of nitrogens with one attached hydrogen (secondary N) is 3. The minimum absolute atomic E-state index is 0.0221. The fourth-order valence-electron chi connectivity index (χ4n) is 3.96. The molecule has 0 saturated heterocycles. The molecule has 3 aromatic rings. The summed E-state index contributed by atoms with van der Waals surface area (Å²) in [5.74, 6) is 5.17. The summed E-state index contributed by atoms with van der Waals surface area (Å²) in [6.07, 6.45) is 3.76. The molecule has 0 atom stereocenters. The second-order valence-corrected chi connectivity index (χ2v) is 11.1. The van der Waals surface area contributed by atoms with Crippen LogP contribution in [-0.2, 0) is 23.7 Å². The number of aromatic nitrogens is 1. The van der Waals surface area contributed by atoms with Crippen molar-refractivity contribution >= 4 is 40.8 Å². The predicted octanol–water partition coefficient (Wildman–Crippen LogP) is 3.56. The second-order valence-electron chi connectivity index (χ2n) is 9.98. The molecule has 7 N–H and O–H groups in total. The van der Waals surface area contributed by atoms with Crippen molar-refractivity contribution in [3.63, 3.8) is 0 Å². The first-order valence-corrected chi connectivity index (χ1v) is 16.1. The number of nitrogens with zero attached hydrogens (tertiary/aromatic N) is 1. The Morgan fingerprint density at radius 1 is 0.875 bits per heavy atom. The van der Waals surface area contributed by atoms with Gasteiger partial charge in [-0.15, -0.1) is 0 Å². The highest BCUT2D eigenvalue weighted by Gasteiger charge is 2.11. The van der Waals surface area contributed by atoms with Gasteiger partial charge in [-0.1, -0.05) is 29.8 Å². The Morgan fingerprint density at radius 3 is 2.27 bits per heavy atom. The maximum atomic E-state index is 12.3. The Hall–Kier alpha value is -4.49. The number of amides is 3. The van der Waals surface area contributed by atoms with Crippen LogP contribution in [0.1, 0.15) is 27.9 Å². The number of ether oxygens (including phenoxy) is 5. The van der Waals surface area contributed by atoms with Crippen molar-refractivity contribution in [1.29, 1.82) is 5.41 Å². The van der Waals surface area contributed by atoms with Gasteiger partial charge in [-0.3, -0.25) is 15.2 Å². The minimum atomic E-state index is -0.511. The number of methoxy groups -OCH3 is 1. The standard InChI is InChI=1S/C34H42N6O7S/c1-43-15-16-46-19-20-47-18-17-45-13-4-12-44-14-11-39-34(42)40-26-21-25(23-38-24-26)7-10-30(35)28-9-8-27(22-31(28)36)48-32-6-3-2-5-29(32)33(37)41/h2-3,5-6,8-9,21-24,35H,4,11-20,36H2,1H3,(H2,37,41)(H2,39,40,42). The molecule has 3 amide bonds. The topological polar surface area (TPSA) is 193 Å². The largest absolute Gasteiger partial charge is 0.398 e. The average molecular weight is 679 g/mol. The van der Waals surface area contributed by atoms with Gasteiger partial charge in [0.25, 0.3) is 0 Å². The summed E-state index contributed by atoms with van der Waals surface area (Å²) >= 11 is 1.35. The van der Waals surface area contributed by atoms with Crippen LogP contribution in [0.5, 0.6) is 0 Å². The zero-order chi connectivity index (χ0) is 34.4. The first-order chi connectivity index (χ1) is 23.4. The van der Waals surface area contributed by atoms with Crippen molar-refractivity contribution < 1.29 is 33.3 Å². The molecule has 0 saturated carbocycles. The van der Waals surface area contributed by atoms with Crippen LogP contribution >= 0.6 is 11.8 Å². The van der Waals surface area contributed by atoms with Gasteiger partial charge < -0.3 is 45.8 Å².